The molecule has 0 radical (unpaired) electrons. The van der Waals surface area contributed by atoms with E-state index >= 15 is 0 Å². The fraction of sp³-hybridized carbons (Fsp3) is 0.208. The van der Waals surface area contributed by atoms with Gasteiger partial charge < -0.3 is 5.32 Å². The third kappa shape index (κ3) is 5.41. The summed E-state index contributed by atoms with van der Waals surface area (Å²) in [5, 5.41) is 12.6. The summed E-state index contributed by atoms with van der Waals surface area (Å²) in [6.07, 6.45) is 6.43. The Morgan fingerprint density at radius 2 is 1.81 bits per heavy atom. The van der Waals surface area contributed by atoms with Gasteiger partial charge in [0.2, 0.25) is 0 Å². The highest BCUT2D eigenvalue weighted by Gasteiger charge is 2.18. The van der Waals surface area contributed by atoms with E-state index in [0.29, 0.717) is 29.4 Å². The third-order valence-corrected chi connectivity index (χ3v) is 5.18. The number of rotatable bonds is 8. The molecule has 1 amide bonds. The Hall–Kier alpha value is -3.38. The van der Waals surface area contributed by atoms with E-state index < -0.39 is 0 Å². The standard InChI is InChI=1S/C24H24ClN5O/c1-18-14-27-29(15-18)13-5-12-26-24(31)22-17-30(16-19-6-3-2-4-7-19)28-23(22)20-8-10-21(25)11-9-20/h2-4,6-11,14-15,17H,5,12-13,16H2,1H3,(H,26,31). The van der Waals surface area contributed by atoms with Crippen LogP contribution in [0.1, 0.15) is 27.9 Å². The Bertz CT molecular complexity index is 1150. The summed E-state index contributed by atoms with van der Waals surface area (Å²) in [4.78, 5) is 13.0. The number of hydrogen-bond donors (Lipinski definition) is 1. The first-order valence-corrected chi connectivity index (χ1v) is 10.6. The van der Waals surface area contributed by atoms with E-state index in [1.807, 2.05) is 72.7 Å². The smallest absolute Gasteiger partial charge is 0.255 e. The summed E-state index contributed by atoms with van der Waals surface area (Å²) in [6.45, 7) is 3.91. The Kier molecular flexibility index (Phi) is 6.48. The van der Waals surface area contributed by atoms with Gasteiger partial charge in [0.05, 0.1) is 18.3 Å². The largest absolute Gasteiger partial charge is 0.352 e. The molecule has 2 aromatic carbocycles. The lowest BCUT2D eigenvalue weighted by Gasteiger charge is -2.06. The lowest BCUT2D eigenvalue weighted by atomic mass is 10.1. The molecule has 1 N–H and O–H groups in total. The van der Waals surface area contributed by atoms with E-state index in [4.69, 9.17) is 16.7 Å². The highest BCUT2D eigenvalue weighted by Crippen LogP contribution is 2.24. The molecule has 0 spiro atoms. The van der Waals surface area contributed by atoms with E-state index in [1.54, 1.807) is 16.8 Å². The van der Waals surface area contributed by atoms with Gasteiger partial charge in [0, 0.05) is 36.1 Å². The van der Waals surface area contributed by atoms with Crippen LogP contribution in [0, 0.1) is 6.92 Å². The fourth-order valence-electron chi connectivity index (χ4n) is 3.39. The topological polar surface area (TPSA) is 64.7 Å². The maximum absolute atomic E-state index is 13.0. The van der Waals surface area contributed by atoms with Gasteiger partial charge >= 0.3 is 0 Å². The molecule has 0 atom stereocenters. The summed E-state index contributed by atoms with van der Waals surface area (Å²) in [6, 6.07) is 17.4. The van der Waals surface area contributed by atoms with Crippen LogP contribution in [-0.2, 0) is 13.1 Å². The minimum atomic E-state index is -0.138. The lowest BCUT2D eigenvalue weighted by molar-refractivity contribution is 0.0953. The summed E-state index contributed by atoms with van der Waals surface area (Å²) in [5.74, 6) is -0.138. The predicted octanol–water partition coefficient (Wildman–Crippen LogP) is 4.58. The first kappa shape index (κ1) is 20.9. The molecule has 31 heavy (non-hydrogen) atoms. The van der Waals surface area contributed by atoms with Gasteiger partial charge in [0.25, 0.3) is 5.91 Å². The number of benzene rings is 2. The number of carbonyl (C=O) groups excluding carboxylic acids is 1. The van der Waals surface area contributed by atoms with Crippen LogP contribution in [0.5, 0.6) is 0 Å². The van der Waals surface area contributed by atoms with Gasteiger partial charge in [-0.2, -0.15) is 10.2 Å². The van der Waals surface area contributed by atoms with Crippen molar-refractivity contribution >= 4 is 17.5 Å². The summed E-state index contributed by atoms with van der Waals surface area (Å²) in [7, 11) is 0. The monoisotopic (exact) mass is 433 g/mol. The number of nitrogens with one attached hydrogen (secondary N) is 1. The molecule has 158 valence electrons. The van der Waals surface area contributed by atoms with Gasteiger partial charge in [-0.1, -0.05) is 54.1 Å². The van der Waals surface area contributed by atoms with Crippen molar-refractivity contribution in [2.75, 3.05) is 6.54 Å². The average Bonchev–Trinajstić information content (AvgIpc) is 3.38. The normalized spacial score (nSPS) is 10.9. The number of aromatic nitrogens is 4. The van der Waals surface area contributed by atoms with Crippen molar-refractivity contribution in [1.29, 1.82) is 0 Å². The Morgan fingerprint density at radius 1 is 1.03 bits per heavy atom. The molecule has 2 heterocycles. The minimum absolute atomic E-state index is 0.138. The highest BCUT2D eigenvalue weighted by molar-refractivity contribution is 6.30. The molecule has 0 saturated heterocycles. The number of carbonyl (C=O) groups is 1. The molecule has 0 bridgehead atoms. The van der Waals surface area contributed by atoms with Crippen molar-refractivity contribution in [3.05, 3.63) is 94.9 Å². The van der Waals surface area contributed by atoms with E-state index in [1.165, 1.54) is 0 Å². The second kappa shape index (κ2) is 9.62. The molecule has 4 rings (SSSR count). The maximum atomic E-state index is 13.0. The Labute approximate surface area is 186 Å². The van der Waals surface area contributed by atoms with Gasteiger partial charge in [0.1, 0.15) is 5.69 Å². The van der Waals surface area contributed by atoms with E-state index in [-0.39, 0.29) is 5.91 Å². The third-order valence-electron chi connectivity index (χ3n) is 4.92. The predicted molar refractivity (Wildman–Crippen MR) is 122 cm³/mol. The van der Waals surface area contributed by atoms with Crippen LogP contribution < -0.4 is 5.32 Å². The first-order valence-electron chi connectivity index (χ1n) is 10.2. The van der Waals surface area contributed by atoms with Crippen LogP contribution in [0.25, 0.3) is 11.3 Å². The molecule has 0 aliphatic carbocycles. The van der Waals surface area contributed by atoms with Crippen molar-refractivity contribution in [3.63, 3.8) is 0 Å². The van der Waals surface area contributed by atoms with Crippen LogP contribution in [0.15, 0.2) is 73.2 Å². The van der Waals surface area contributed by atoms with Crippen molar-refractivity contribution in [3.8, 4) is 11.3 Å². The van der Waals surface area contributed by atoms with Crippen LogP contribution in [0.3, 0.4) is 0 Å². The van der Waals surface area contributed by atoms with Crippen LogP contribution in [0.2, 0.25) is 5.02 Å². The molecule has 0 saturated carbocycles. The molecule has 7 heteroatoms. The van der Waals surface area contributed by atoms with Crippen molar-refractivity contribution < 1.29 is 4.79 Å². The van der Waals surface area contributed by atoms with Gasteiger partial charge in [-0.15, -0.1) is 0 Å². The fourth-order valence-corrected chi connectivity index (χ4v) is 3.51. The van der Waals surface area contributed by atoms with Crippen LogP contribution in [-0.4, -0.2) is 32.0 Å². The van der Waals surface area contributed by atoms with Gasteiger partial charge in [0.15, 0.2) is 0 Å². The Morgan fingerprint density at radius 3 is 2.52 bits per heavy atom. The van der Waals surface area contributed by atoms with Gasteiger partial charge in [-0.05, 0) is 36.6 Å². The number of halogens is 1. The summed E-state index contributed by atoms with van der Waals surface area (Å²) < 4.78 is 3.69. The molecule has 0 aliphatic rings. The van der Waals surface area contributed by atoms with E-state index in [0.717, 1.165) is 29.7 Å². The highest BCUT2D eigenvalue weighted by atomic mass is 35.5. The SMILES string of the molecule is Cc1cnn(CCCNC(=O)c2cn(Cc3ccccc3)nc2-c2ccc(Cl)cc2)c1. The summed E-state index contributed by atoms with van der Waals surface area (Å²) in [5.41, 5.74) is 4.30. The second-order valence-electron chi connectivity index (χ2n) is 7.47. The van der Waals surface area contributed by atoms with Crippen LogP contribution in [0.4, 0.5) is 0 Å². The molecule has 0 fully saturated rings. The number of hydrogen-bond acceptors (Lipinski definition) is 3. The summed E-state index contributed by atoms with van der Waals surface area (Å²) >= 11 is 6.04. The van der Waals surface area contributed by atoms with E-state index in [2.05, 4.69) is 10.4 Å². The zero-order valence-electron chi connectivity index (χ0n) is 17.3. The molecule has 0 aliphatic heterocycles. The number of nitrogens with zero attached hydrogens (tertiary/aromatic N) is 4. The molecular weight excluding hydrogens is 410 g/mol. The van der Waals surface area contributed by atoms with E-state index in [9.17, 15) is 4.79 Å². The molecule has 0 unspecified atom stereocenters. The first-order chi connectivity index (χ1) is 15.1. The minimum Gasteiger partial charge on any atom is -0.352 e. The zero-order chi connectivity index (χ0) is 21.6. The quantitative estimate of drug-likeness (QED) is 0.414. The molecule has 6 nitrogen and oxygen atoms in total. The molecular formula is C24H24ClN5O. The van der Waals surface area contributed by atoms with Crippen LogP contribution >= 0.6 is 11.6 Å². The maximum Gasteiger partial charge on any atom is 0.255 e. The van der Waals surface area contributed by atoms with Crippen molar-refractivity contribution in [2.45, 2.75) is 26.4 Å². The van der Waals surface area contributed by atoms with Gasteiger partial charge in [-0.3, -0.25) is 14.2 Å². The Balaban J connectivity index is 1.49. The second-order valence-corrected chi connectivity index (χ2v) is 7.91. The zero-order valence-corrected chi connectivity index (χ0v) is 18.1. The number of amides is 1. The number of aryl methyl sites for hydroxylation is 2. The van der Waals surface area contributed by atoms with Crippen molar-refractivity contribution in [1.82, 2.24) is 24.9 Å². The lowest BCUT2D eigenvalue weighted by Crippen LogP contribution is -2.25. The molecule has 2 aromatic heterocycles. The average molecular weight is 434 g/mol. The molecule has 4 aromatic rings. The van der Waals surface area contributed by atoms with Gasteiger partial charge in [-0.25, -0.2) is 0 Å². The van der Waals surface area contributed by atoms with Crippen molar-refractivity contribution in [2.24, 2.45) is 0 Å².